The Morgan fingerprint density at radius 3 is 1.32 bits per heavy atom. The summed E-state index contributed by atoms with van der Waals surface area (Å²) >= 11 is 0. The van der Waals surface area contributed by atoms with Gasteiger partial charge in [-0.1, -0.05) is 84.5 Å². The van der Waals surface area contributed by atoms with Gasteiger partial charge in [0.15, 0.2) is 0 Å². The zero-order valence-electron chi connectivity index (χ0n) is 13.5. The van der Waals surface area contributed by atoms with Gasteiger partial charge in [0.2, 0.25) is 0 Å². The molecular weight excluding hydrogens is 298 g/mol. The molecule has 0 saturated carbocycles. The van der Waals surface area contributed by atoms with E-state index in [9.17, 15) is 0 Å². The minimum Gasteiger partial charge on any atom is -0.317 e. The average molecular weight is 336 g/mol. The molecule has 0 bridgehead atoms. The van der Waals surface area contributed by atoms with Gasteiger partial charge in [0, 0.05) is 0 Å². The van der Waals surface area contributed by atoms with E-state index in [1.807, 2.05) is 0 Å². The summed E-state index contributed by atoms with van der Waals surface area (Å²) in [6.07, 6.45) is 18.6. The van der Waals surface area contributed by atoms with Crippen LogP contribution in [0.25, 0.3) is 0 Å². The van der Waals surface area contributed by atoms with Crippen LogP contribution in [-0.4, -0.2) is 13.1 Å². The van der Waals surface area contributed by atoms with Crippen LogP contribution in [-0.2, 0) is 0 Å². The van der Waals surface area contributed by atoms with E-state index < -0.39 is 0 Å². The summed E-state index contributed by atoms with van der Waals surface area (Å²) in [5.41, 5.74) is 0. The Bertz CT molecular complexity index is 123. The summed E-state index contributed by atoms with van der Waals surface area (Å²) in [6, 6.07) is 0. The third kappa shape index (κ3) is 20.9. The molecule has 0 aromatic heterocycles. The van der Waals surface area contributed by atoms with Crippen LogP contribution in [0.5, 0.6) is 0 Å². The van der Waals surface area contributed by atoms with Crippen LogP contribution in [0.4, 0.5) is 0 Å². The van der Waals surface area contributed by atoms with Crippen LogP contribution in [0.2, 0.25) is 0 Å². The molecule has 0 saturated heterocycles. The fourth-order valence-electron chi connectivity index (χ4n) is 2.39. The summed E-state index contributed by atoms with van der Waals surface area (Å²) in [5, 5.41) is 3.47. The fraction of sp³-hybridized carbons (Fsp3) is 1.00. The van der Waals surface area contributed by atoms with Crippen molar-refractivity contribution in [3.8, 4) is 0 Å². The molecule has 0 aliphatic heterocycles. The van der Waals surface area contributed by atoms with Crippen LogP contribution in [0.1, 0.15) is 97.3 Å². The monoisotopic (exact) mass is 335 g/mol. The first kappa shape index (κ1) is 21.7. The summed E-state index contributed by atoms with van der Waals surface area (Å²) in [4.78, 5) is 0. The van der Waals surface area contributed by atoms with E-state index in [1.165, 1.54) is 96.6 Å². The molecule has 1 nitrogen and oxygen atoms in total. The van der Waals surface area contributed by atoms with Crippen LogP contribution in [0, 0.1) is 0 Å². The predicted molar refractivity (Wildman–Crippen MR) is 94.6 cm³/mol. The maximum Gasteiger partial charge on any atom is -0.00489 e. The first-order valence-corrected chi connectivity index (χ1v) is 8.62. The fourth-order valence-corrected chi connectivity index (χ4v) is 2.39. The zero-order valence-corrected chi connectivity index (χ0v) is 15.2. The lowest BCUT2D eigenvalue weighted by atomic mass is 10.1. The van der Waals surface area contributed by atoms with E-state index in [2.05, 4.69) is 19.2 Å². The summed E-state index contributed by atoms with van der Waals surface area (Å²) < 4.78 is 0. The van der Waals surface area contributed by atoms with Crippen molar-refractivity contribution in [1.82, 2.24) is 5.32 Å². The van der Waals surface area contributed by atoms with E-state index in [4.69, 9.17) is 0 Å². The molecule has 0 spiro atoms. The van der Waals surface area contributed by atoms with E-state index in [0.29, 0.717) is 0 Å². The lowest BCUT2D eigenvalue weighted by Gasteiger charge is -2.04. The standard InChI is InChI=1S/C17H37N.BrH/c1-3-5-6-7-8-9-10-11-12-13-14-15-17-18-16-4-2;/h18H,3-17H2,1-2H3;1H. The van der Waals surface area contributed by atoms with Gasteiger partial charge in [0.1, 0.15) is 0 Å². The topological polar surface area (TPSA) is 12.0 Å². The maximum absolute atomic E-state index is 3.47. The molecule has 0 amide bonds. The average Bonchev–Trinajstić information content (AvgIpc) is 2.39. The van der Waals surface area contributed by atoms with Gasteiger partial charge < -0.3 is 5.32 Å². The van der Waals surface area contributed by atoms with Crippen molar-refractivity contribution >= 4 is 17.0 Å². The number of hydrogen-bond acceptors (Lipinski definition) is 1. The number of unbranched alkanes of at least 4 members (excludes halogenated alkanes) is 11. The Labute approximate surface area is 133 Å². The minimum absolute atomic E-state index is 0. The molecule has 1 N–H and O–H groups in total. The Morgan fingerprint density at radius 2 is 0.895 bits per heavy atom. The van der Waals surface area contributed by atoms with Gasteiger partial charge in [-0.2, -0.15) is 0 Å². The Kier molecular flexibility index (Phi) is 23.7. The largest absolute Gasteiger partial charge is 0.317 e. The van der Waals surface area contributed by atoms with Crippen molar-refractivity contribution in [2.75, 3.05) is 13.1 Å². The SMILES string of the molecule is Br.CCCCCCCCCCCCCCNCCC. The molecule has 0 aromatic carbocycles. The van der Waals surface area contributed by atoms with Crippen LogP contribution in [0.3, 0.4) is 0 Å². The summed E-state index contributed by atoms with van der Waals surface area (Å²) in [7, 11) is 0. The van der Waals surface area contributed by atoms with Gasteiger partial charge >= 0.3 is 0 Å². The molecule has 0 fully saturated rings. The molecule has 0 aliphatic carbocycles. The second kappa shape index (κ2) is 20.8. The highest BCUT2D eigenvalue weighted by Crippen LogP contribution is 2.11. The first-order chi connectivity index (χ1) is 8.91. The van der Waals surface area contributed by atoms with E-state index in [1.54, 1.807) is 0 Å². The molecule has 0 heterocycles. The van der Waals surface area contributed by atoms with Crippen LogP contribution in [0.15, 0.2) is 0 Å². The second-order valence-corrected chi connectivity index (χ2v) is 5.64. The lowest BCUT2D eigenvalue weighted by molar-refractivity contribution is 0.535. The molecule has 2 heteroatoms. The number of rotatable bonds is 15. The smallest absolute Gasteiger partial charge is 0.00489 e. The van der Waals surface area contributed by atoms with E-state index in [0.717, 1.165) is 0 Å². The van der Waals surface area contributed by atoms with Crippen molar-refractivity contribution in [2.24, 2.45) is 0 Å². The lowest BCUT2D eigenvalue weighted by Crippen LogP contribution is -2.15. The highest BCUT2D eigenvalue weighted by molar-refractivity contribution is 8.93. The number of halogens is 1. The van der Waals surface area contributed by atoms with Crippen LogP contribution < -0.4 is 5.32 Å². The second-order valence-electron chi connectivity index (χ2n) is 5.64. The highest BCUT2D eigenvalue weighted by atomic mass is 79.9. The van der Waals surface area contributed by atoms with Gasteiger partial charge in [-0.25, -0.2) is 0 Å². The molecule has 0 atom stereocenters. The zero-order chi connectivity index (χ0) is 13.3. The molecule has 0 aromatic rings. The molecule has 0 unspecified atom stereocenters. The van der Waals surface area contributed by atoms with Crippen molar-refractivity contribution in [2.45, 2.75) is 97.3 Å². The Balaban J connectivity index is 0. The molecular formula is C17H38BrN. The normalized spacial score (nSPS) is 10.4. The first-order valence-electron chi connectivity index (χ1n) is 8.62. The molecule has 19 heavy (non-hydrogen) atoms. The Morgan fingerprint density at radius 1 is 0.474 bits per heavy atom. The van der Waals surface area contributed by atoms with E-state index in [-0.39, 0.29) is 17.0 Å². The van der Waals surface area contributed by atoms with Crippen molar-refractivity contribution in [3.05, 3.63) is 0 Å². The van der Waals surface area contributed by atoms with Gasteiger partial charge in [0.25, 0.3) is 0 Å². The third-order valence-corrected chi connectivity index (χ3v) is 3.63. The Hall–Kier alpha value is 0.440. The molecule has 0 rings (SSSR count). The van der Waals surface area contributed by atoms with Gasteiger partial charge in [0.05, 0.1) is 0 Å². The maximum atomic E-state index is 3.47. The van der Waals surface area contributed by atoms with Crippen molar-refractivity contribution < 1.29 is 0 Å². The molecule has 118 valence electrons. The molecule has 0 radical (unpaired) electrons. The quantitative estimate of drug-likeness (QED) is 0.348. The van der Waals surface area contributed by atoms with Gasteiger partial charge in [-0.15, -0.1) is 17.0 Å². The van der Waals surface area contributed by atoms with Crippen molar-refractivity contribution in [3.63, 3.8) is 0 Å². The number of nitrogens with one attached hydrogen (secondary N) is 1. The summed E-state index contributed by atoms with van der Waals surface area (Å²) in [6.45, 7) is 6.94. The predicted octanol–water partition coefficient (Wildman–Crippen LogP) is 6.27. The van der Waals surface area contributed by atoms with E-state index >= 15 is 0 Å². The van der Waals surface area contributed by atoms with Crippen molar-refractivity contribution in [1.29, 1.82) is 0 Å². The van der Waals surface area contributed by atoms with Gasteiger partial charge in [-0.3, -0.25) is 0 Å². The van der Waals surface area contributed by atoms with Crippen LogP contribution >= 0.6 is 17.0 Å². The van der Waals surface area contributed by atoms with Gasteiger partial charge in [-0.05, 0) is 25.9 Å². The summed E-state index contributed by atoms with van der Waals surface area (Å²) in [5.74, 6) is 0. The third-order valence-electron chi connectivity index (χ3n) is 3.63. The number of hydrogen-bond donors (Lipinski definition) is 1. The molecule has 0 aliphatic rings. The highest BCUT2D eigenvalue weighted by Gasteiger charge is 1.93. The minimum atomic E-state index is 0.